The van der Waals surface area contributed by atoms with E-state index in [2.05, 4.69) is 31.3 Å². The van der Waals surface area contributed by atoms with Crippen molar-refractivity contribution in [2.45, 2.75) is 43.3 Å². The summed E-state index contributed by atoms with van der Waals surface area (Å²) in [5, 5.41) is 24.8. The number of fused-ring (bicyclic) bond motifs is 1. The molecule has 13 nitrogen and oxygen atoms in total. The van der Waals surface area contributed by atoms with Crippen LogP contribution in [-0.4, -0.2) is 97.5 Å². The quantitative estimate of drug-likeness (QED) is 0.225. The molecule has 262 valence electrons. The van der Waals surface area contributed by atoms with E-state index in [4.69, 9.17) is 11.6 Å². The highest BCUT2D eigenvalue weighted by Crippen LogP contribution is 2.50. The number of aliphatic hydroxyl groups excluding tert-OH is 1. The second-order valence-corrected chi connectivity index (χ2v) is 13.4. The number of imidazole rings is 1. The standard InChI is InChI=1S/C30H31ClF5N9O4/c1-43-21(18-12-45(9-13-5-29(13,32)33)42-24(18)30(34,35)36)7-38-25(43)27(48)39-14-2-3-15(19(31)4-14)26(47)41-23-16-10-44(11-17(16)23)28(49)40-20-6-37-8-22(20)46/h2-4,7,12-13,16-17,20,22-23,37,46H,5-6,8-11H2,1H3,(H,39,48)(H,40,49)(H,41,47)/t13?,16-,17+,20?,22?,23?. The van der Waals surface area contributed by atoms with Gasteiger partial charge in [-0.25, -0.2) is 18.6 Å². The highest BCUT2D eigenvalue weighted by molar-refractivity contribution is 6.34. The van der Waals surface area contributed by atoms with Crippen LogP contribution in [0, 0.1) is 17.8 Å². The molecule has 49 heavy (non-hydrogen) atoms. The number of hydrogen-bond acceptors (Lipinski definition) is 7. The minimum atomic E-state index is -4.89. The van der Waals surface area contributed by atoms with Crippen molar-refractivity contribution in [3.63, 3.8) is 0 Å². The first-order valence-corrected chi connectivity index (χ1v) is 15.9. The Kier molecular flexibility index (Phi) is 8.10. The normalized spacial score (nSPS) is 26.7. The predicted molar refractivity (Wildman–Crippen MR) is 163 cm³/mol. The second kappa shape index (κ2) is 11.9. The lowest BCUT2D eigenvalue weighted by Crippen LogP contribution is -2.49. The van der Waals surface area contributed by atoms with E-state index in [1.54, 1.807) is 4.90 Å². The zero-order chi connectivity index (χ0) is 35.0. The van der Waals surface area contributed by atoms with E-state index in [9.17, 15) is 41.4 Å². The molecular formula is C30H31ClF5N9O4. The molecule has 2 saturated carbocycles. The summed E-state index contributed by atoms with van der Waals surface area (Å²) in [4.78, 5) is 44.3. The van der Waals surface area contributed by atoms with Crippen LogP contribution in [0.25, 0.3) is 11.3 Å². The number of hydrogen-bond donors (Lipinski definition) is 5. The number of carbonyl (C=O) groups excluding carboxylic acids is 3. The molecule has 4 aliphatic rings. The van der Waals surface area contributed by atoms with E-state index >= 15 is 0 Å². The summed E-state index contributed by atoms with van der Waals surface area (Å²) in [5.74, 6) is -5.32. The smallest absolute Gasteiger partial charge is 0.390 e. The third-order valence-electron chi connectivity index (χ3n) is 9.60. The van der Waals surface area contributed by atoms with Gasteiger partial charge in [0.25, 0.3) is 17.7 Å². The van der Waals surface area contributed by atoms with Crippen LogP contribution in [0.1, 0.15) is 33.1 Å². The van der Waals surface area contributed by atoms with Crippen LogP contribution < -0.4 is 21.3 Å². The molecule has 2 saturated heterocycles. The molecule has 0 radical (unpaired) electrons. The summed E-state index contributed by atoms with van der Waals surface area (Å²) >= 11 is 6.39. The van der Waals surface area contributed by atoms with E-state index < -0.39 is 53.6 Å². The van der Waals surface area contributed by atoms with Crippen LogP contribution >= 0.6 is 11.6 Å². The van der Waals surface area contributed by atoms with E-state index in [1.807, 2.05) is 0 Å². The van der Waals surface area contributed by atoms with Crippen LogP contribution in [0.3, 0.4) is 0 Å². The Morgan fingerprint density at radius 1 is 1.12 bits per heavy atom. The summed E-state index contributed by atoms with van der Waals surface area (Å²) in [6, 6.07) is 3.47. The lowest BCUT2D eigenvalue weighted by Gasteiger charge is -2.24. The van der Waals surface area contributed by atoms with Crippen LogP contribution in [-0.2, 0) is 19.8 Å². The molecule has 6 atom stereocenters. The van der Waals surface area contributed by atoms with Crippen molar-refractivity contribution < 1.29 is 41.4 Å². The predicted octanol–water partition coefficient (Wildman–Crippen LogP) is 2.57. The number of likely N-dealkylation sites (tertiary alicyclic amines) is 1. The molecule has 19 heteroatoms. The number of anilines is 1. The largest absolute Gasteiger partial charge is 0.435 e. The Morgan fingerprint density at radius 2 is 1.84 bits per heavy atom. The Morgan fingerprint density at radius 3 is 2.45 bits per heavy atom. The number of aliphatic hydroxyl groups is 1. The first-order chi connectivity index (χ1) is 23.1. The Bertz CT molecular complexity index is 1820. The SMILES string of the molecule is Cn1c(-c2cn(CC3CC3(F)F)nc2C(F)(F)F)cnc1C(=O)Nc1ccc(C(=O)NC2[C@H]3CN(C(=O)NC4CNCC4O)C[C@@H]23)c(Cl)c1. The van der Waals surface area contributed by atoms with Crippen molar-refractivity contribution in [1.82, 2.24) is 40.2 Å². The monoisotopic (exact) mass is 711 g/mol. The maximum absolute atomic E-state index is 13.8. The molecule has 2 aliphatic heterocycles. The average molecular weight is 712 g/mol. The number of halogens is 6. The molecular weight excluding hydrogens is 681 g/mol. The third kappa shape index (κ3) is 6.43. The highest BCUT2D eigenvalue weighted by atomic mass is 35.5. The molecule has 4 fully saturated rings. The van der Waals surface area contributed by atoms with Crippen LogP contribution in [0.4, 0.5) is 32.4 Å². The van der Waals surface area contributed by atoms with Crippen LogP contribution in [0.5, 0.6) is 0 Å². The number of aromatic nitrogens is 4. The summed E-state index contributed by atoms with van der Waals surface area (Å²) in [6.07, 6.45) is -3.88. The Balaban J connectivity index is 0.961. The number of urea groups is 1. The Labute approximate surface area is 280 Å². The molecule has 4 unspecified atom stereocenters. The lowest BCUT2D eigenvalue weighted by molar-refractivity contribution is -0.141. The Hall–Kier alpha value is -4.29. The molecule has 0 bridgehead atoms. The maximum atomic E-state index is 13.8. The van der Waals surface area contributed by atoms with Gasteiger partial charge >= 0.3 is 12.2 Å². The van der Waals surface area contributed by atoms with Crippen molar-refractivity contribution in [3.8, 4) is 11.3 Å². The van der Waals surface area contributed by atoms with Gasteiger partial charge in [-0.3, -0.25) is 14.3 Å². The maximum Gasteiger partial charge on any atom is 0.435 e. The van der Waals surface area contributed by atoms with Gasteiger partial charge in [-0.05, 0) is 18.2 Å². The third-order valence-corrected chi connectivity index (χ3v) is 9.91. The summed E-state index contributed by atoms with van der Waals surface area (Å²) < 4.78 is 70.2. The minimum absolute atomic E-state index is 0.0369. The summed E-state index contributed by atoms with van der Waals surface area (Å²) in [7, 11) is 1.33. The number of carbonyl (C=O) groups is 3. The van der Waals surface area contributed by atoms with Gasteiger partial charge in [0.2, 0.25) is 0 Å². The lowest BCUT2D eigenvalue weighted by atomic mass is 10.2. The fourth-order valence-corrected chi connectivity index (χ4v) is 6.90. The number of amides is 4. The first kappa shape index (κ1) is 33.2. The van der Waals surface area contributed by atoms with Crippen LogP contribution in [0.15, 0.2) is 30.6 Å². The molecule has 0 spiro atoms. The van der Waals surface area contributed by atoms with Gasteiger partial charge in [-0.15, -0.1) is 0 Å². The minimum Gasteiger partial charge on any atom is -0.390 e. The number of benzene rings is 1. The van der Waals surface area contributed by atoms with Gasteiger partial charge in [0.15, 0.2) is 11.5 Å². The highest BCUT2D eigenvalue weighted by Gasteiger charge is 2.58. The molecule has 4 amide bonds. The van der Waals surface area contributed by atoms with Crippen molar-refractivity contribution >= 4 is 35.1 Å². The van der Waals surface area contributed by atoms with Gasteiger partial charge in [-0.2, -0.15) is 18.3 Å². The summed E-state index contributed by atoms with van der Waals surface area (Å²) in [6.45, 7) is 1.45. The zero-order valence-electron chi connectivity index (χ0n) is 25.8. The number of β-amino-alcohol motifs (C(OH)–C–C–N with tert-alkyl or cyclic N) is 1. The number of piperidine rings is 1. The molecule has 7 rings (SSSR count). The van der Waals surface area contributed by atoms with Gasteiger partial charge in [-0.1, -0.05) is 11.6 Å². The van der Waals surface area contributed by atoms with Crippen molar-refractivity contribution in [2.75, 3.05) is 31.5 Å². The molecule has 1 aromatic carbocycles. The number of alkyl halides is 5. The average Bonchev–Trinajstić information content (AvgIpc) is 3.46. The number of rotatable bonds is 8. The summed E-state index contributed by atoms with van der Waals surface area (Å²) in [5.41, 5.74) is -1.46. The zero-order valence-corrected chi connectivity index (χ0v) is 26.5. The molecule has 4 heterocycles. The van der Waals surface area contributed by atoms with E-state index in [1.165, 1.54) is 25.2 Å². The van der Waals surface area contributed by atoms with E-state index in [-0.39, 0.29) is 64.3 Å². The molecule has 5 N–H and O–H groups in total. The van der Waals surface area contributed by atoms with Crippen LogP contribution in [0.2, 0.25) is 5.02 Å². The second-order valence-electron chi connectivity index (χ2n) is 13.0. The van der Waals surface area contributed by atoms with E-state index in [0.717, 1.165) is 21.6 Å². The molecule has 3 aromatic rings. The fraction of sp³-hybridized carbons (Fsp3) is 0.500. The van der Waals surface area contributed by atoms with Crippen molar-refractivity contribution in [2.24, 2.45) is 24.8 Å². The number of nitrogens with zero attached hydrogens (tertiary/aromatic N) is 5. The molecule has 2 aliphatic carbocycles. The first-order valence-electron chi connectivity index (χ1n) is 15.5. The van der Waals surface area contributed by atoms with Gasteiger partial charge in [0, 0.05) is 81.9 Å². The van der Waals surface area contributed by atoms with Crippen molar-refractivity contribution in [3.05, 3.63) is 52.7 Å². The van der Waals surface area contributed by atoms with Gasteiger partial charge < -0.3 is 35.8 Å². The van der Waals surface area contributed by atoms with Crippen molar-refractivity contribution in [1.29, 1.82) is 0 Å². The topological polar surface area (TPSA) is 158 Å². The number of nitrogens with one attached hydrogen (secondary N) is 4. The van der Waals surface area contributed by atoms with Gasteiger partial charge in [0.05, 0.1) is 40.2 Å². The fourth-order valence-electron chi connectivity index (χ4n) is 6.64. The van der Waals surface area contributed by atoms with Gasteiger partial charge in [0.1, 0.15) is 0 Å². The molecule has 2 aromatic heterocycles. The van der Waals surface area contributed by atoms with E-state index in [0.29, 0.717) is 26.2 Å².